The molecule has 0 aliphatic carbocycles. The number of hydrogen-bond donors (Lipinski definition) is 1. The molecule has 0 atom stereocenters. The maximum Gasteiger partial charge on any atom is 0.272 e. The molecular formula is C22H20Cl2N4O2. The average Bonchev–Trinajstić information content (AvgIpc) is 3.19. The van der Waals surface area contributed by atoms with Crippen LogP contribution in [0.3, 0.4) is 0 Å². The highest BCUT2D eigenvalue weighted by molar-refractivity contribution is 6.33. The van der Waals surface area contributed by atoms with E-state index < -0.39 is 0 Å². The zero-order chi connectivity index (χ0) is 21.3. The van der Waals surface area contributed by atoms with E-state index in [1.807, 2.05) is 30.3 Å². The Morgan fingerprint density at radius 2 is 1.67 bits per heavy atom. The molecule has 6 nitrogen and oxygen atoms in total. The molecule has 1 aliphatic rings. The Kier molecular flexibility index (Phi) is 5.79. The molecule has 8 heteroatoms. The van der Waals surface area contributed by atoms with E-state index in [0.29, 0.717) is 53.1 Å². The van der Waals surface area contributed by atoms with Crippen molar-refractivity contribution in [3.8, 4) is 16.9 Å². The van der Waals surface area contributed by atoms with Gasteiger partial charge in [-0.25, -0.2) is 4.68 Å². The molecule has 0 bridgehead atoms. The minimum atomic E-state index is -0.311. The van der Waals surface area contributed by atoms with Crippen molar-refractivity contribution < 1.29 is 9.59 Å². The molecule has 0 radical (unpaired) electrons. The molecule has 2 N–H and O–H groups in total. The van der Waals surface area contributed by atoms with Gasteiger partial charge in [0, 0.05) is 29.6 Å². The summed E-state index contributed by atoms with van der Waals surface area (Å²) in [4.78, 5) is 26.5. The topological polar surface area (TPSA) is 81.2 Å². The van der Waals surface area contributed by atoms with Crippen molar-refractivity contribution in [3.05, 3.63) is 70.3 Å². The number of nitrogens with two attached hydrogens (primary N) is 1. The number of amides is 2. The molecule has 0 spiro atoms. The first-order valence-corrected chi connectivity index (χ1v) is 10.4. The highest BCUT2D eigenvalue weighted by Crippen LogP contribution is 2.29. The molecule has 1 aromatic heterocycles. The summed E-state index contributed by atoms with van der Waals surface area (Å²) in [5.41, 5.74) is 7.90. The quantitative estimate of drug-likeness (QED) is 0.657. The molecule has 1 saturated heterocycles. The molecule has 30 heavy (non-hydrogen) atoms. The van der Waals surface area contributed by atoms with Crippen LogP contribution in [0.1, 0.15) is 23.3 Å². The fourth-order valence-corrected chi connectivity index (χ4v) is 4.00. The van der Waals surface area contributed by atoms with Crippen LogP contribution < -0.4 is 5.73 Å². The third-order valence-corrected chi connectivity index (χ3v) is 5.92. The predicted octanol–water partition coefficient (Wildman–Crippen LogP) is 4.18. The van der Waals surface area contributed by atoms with Crippen LogP contribution in [0.25, 0.3) is 16.9 Å². The SMILES string of the molecule is NC(=O)C1CCN(C(=O)c2cc(-c3ccccc3Cl)nn2-c2ccc(Cl)cc2)CC1. The zero-order valence-electron chi connectivity index (χ0n) is 16.1. The van der Waals surface area contributed by atoms with E-state index >= 15 is 0 Å². The summed E-state index contributed by atoms with van der Waals surface area (Å²) >= 11 is 12.4. The zero-order valence-corrected chi connectivity index (χ0v) is 17.6. The van der Waals surface area contributed by atoms with E-state index in [9.17, 15) is 9.59 Å². The van der Waals surface area contributed by atoms with E-state index in [4.69, 9.17) is 28.9 Å². The number of carbonyl (C=O) groups is 2. The van der Waals surface area contributed by atoms with Crippen molar-refractivity contribution in [3.63, 3.8) is 0 Å². The molecule has 4 rings (SSSR count). The van der Waals surface area contributed by atoms with Gasteiger partial charge in [-0.05, 0) is 49.2 Å². The Morgan fingerprint density at radius 3 is 2.30 bits per heavy atom. The first-order chi connectivity index (χ1) is 14.4. The maximum absolute atomic E-state index is 13.4. The second-order valence-electron chi connectivity index (χ2n) is 7.25. The molecule has 2 amide bonds. The number of hydrogen-bond acceptors (Lipinski definition) is 3. The van der Waals surface area contributed by atoms with Crippen molar-refractivity contribution in [1.82, 2.24) is 14.7 Å². The lowest BCUT2D eigenvalue weighted by Crippen LogP contribution is -2.42. The summed E-state index contributed by atoms with van der Waals surface area (Å²) in [6.07, 6.45) is 1.13. The van der Waals surface area contributed by atoms with Crippen molar-refractivity contribution in [2.45, 2.75) is 12.8 Å². The number of nitrogens with zero attached hydrogens (tertiary/aromatic N) is 3. The van der Waals surface area contributed by atoms with Gasteiger partial charge in [0.1, 0.15) is 5.69 Å². The van der Waals surface area contributed by atoms with E-state index in [2.05, 4.69) is 5.10 Å². The van der Waals surface area contributed by atoms with Crippen molar-refractivity contribution in [1.29, 1.82) is 0 Å². The van der Waals surface area contributed by atoms with Gasteiger partial charge in [0.05, 0.1) is 16.4 Å². The van der Waals surface area contributed by atoms with Crippen LogP contribution in [0.2, 0.25) is 10.0 Å². The van der Waals surface area contributed by atoms with Gasteiger partial charge in [0.25, 0.3) is 5.91 Å². The smallest absolute Gasteiger partial charge is 0.272 e. The highest BCUT2D eigenvalue weighted by Gasteiger charge is 2.29. The molecule has 2 aromatic carbocycles. The van der Waals surface area contributed by atoms with Crippen LogP contribution in [-0.2, 0) is 4.79 Å². The number of halogens is 2. The van der Waals surface area contributed by atoms with E-state index in [0.717, 1.165) is 5.56 Å². The van der Waals surface area contributed by atoms with Gasteiger partial charge < -0.3 is 10.6 Å². The predicted molar refractivity (Wildman–Crippen MR) is 117 cm³/mol. The van der Waals surface area contributed by atoms with Crippen LogP contribution >= 0.6 is 23.2 Å². The van der Waals surface area contributed by atoms with E-state index in [1.54, 1.807) is 33.8 Å². The number of benzene rings is 2. The van der Waals surface area contributed by atoms with Gasteiger partial charge in [-0.2, -0.15) is 5.10 Å². The lowest BCUT2D eigenvalue weighted by Gasteiger charge is -2.30. The molecule has 2 heterocycles. The Balaban J connectivity index is 1.72. The minimum Gasteiger partial charge on any atom is -0.369 e. The number of primary amides is 1. The summed E-state index contributed by atoms with van der Waals surface area (Å²) in [6.45, 7) is 0.944. The van der Waals surface area contributed by atoms with Crippen molar-refractivity contribution in [2.75, 3.05) is 13.1 Å². The second-order valence-corrected chi connectivity index (χ2v) is 8.10. The van der Waals surface area contributed by atoms with Crippen LogP contribution in [0.4, 0.5) is 0 Å². The summed E-state index contributed by atoms with van der Waals surface area (Å²) in [5, 5.41) is 5.82. The molecule has 0 unspecified atom stereocenters. The standard InChI is InChI=1S/C22H20Cl2N4O2/c23-15-5-7-16(8-6-15)28-20(13-19(26-28)17-3-1-2-4-18(17)24)22(30)27-11-9-14(10-12-27)21(25)29/h1-8,13-14H,9-12H2,(H2,25,29). The second kappa shape index (κ2) is 8.50. The van der Waals surface area contributed by atoms with Gasteiger partial charge >= 0.3 is 0 Å². The maximum atomic E-state index is 13.4. The van der Waals surface area contributed by atoms with Crippen LogP contribution in [-0.4, -0.2) is 39.6 Å². The summed E-state index contributed by atoms with van der Waals surface area (Å²) in [7, 11) is 0. The largest absolute Gasteiger partial charge is 0.369 e. The average molecular weight is 443 g/mol. The summed E-state index contributed by atoms with van der Waals surface area (Å²) in [5.74, 6) is -0.651. The van der Waals surface area contributed by atoms with Crippen molar-refractivity contribution in [2.24, 2.45) is 11.7 Å². The van der Waals surface area contributed by atoms with Gasteiger partial charge in [0.15, 0.2) is 0 Å². The third-order valence-electron chi connectivity index (χ3n) is 5.33. The first-order valence-electron chi connectivity index (χ1n) is 9.63. The number of rotatable bonds is 4. The summed E-state index contributed by atoms with van der Waals surface area (Å²) in [6, 6.07) is 16.2. The number of aromatic nitrogens is 2. The van der Waals surface area contributed by atoms with Gasteiger partial charge in [0.2, 0.25) is 5.91 Å². The van der Waals surface area contributed by atoms with Gasteiger partial charge in [-0.3, -0.25) is 9.59 Å². The fraction of sp³-hybridized carbons (Fsp3) is 0.227. The fourth-order valence-electron chi connectivity index (χ4n) is 3.64. The number of carbonyl (C=O) groups excluding carboxylic acids is 2. The van der Waals surface area contributed by atoms with Gasteiger partial charge in [-0.15, -0.1) is 0 Å². The Morgan fingerprint density at radius 1 is 1.00 bits per heavy atom. The van der Waals surface area contributed by atoms with Crippen LogP contribution in [0.15, 0.2) is 54.6 Å². The number of piperidine rings is 1. The normalized spacial score (nSPS) is 14.7. The molecule has 1 aliphatic heterocycles. The highest BCUT2D eigenvalue weighted by atomic mass is 35.5. The molecular weight excluding hydrogens is 423 g/mol. The van der Waals surface area contributed by atoms with Gasteiger partial charge in [-0.1, -0.05) is 41.4 Å². The van der Waals surface area contributed by atoms with Crippen LogP contribution in [0.5, 0.6) is 0 Å². The molecule has 1 fully saturated rings. The number of likely N-dealkylation sites (tertiary alicyclic amines) is 1. The summed E-state index contributed by atoms with van der Waals surface area (Å²) < 4.78 is 1.61. The minimum absolute atomic E-state index is 0.154. The Hall–Kier alpha value is -2.83. The molecule has 3 aromatic rings. The lowest BCUT2D eigenvalue weighted by atomic mass is 9.96. The Labute approximate surface area is 184 Å². The lowest BCUT2D eigenvalue weighted by molar-refractivity contribution is -0.123. The monoisotopic (exact) mass is 442 g/mol. The van der Waals surface area contributed by atoms with Crippen molar-refractivity contribution >= 4 is 35.0 Å². The third kappa shape index (κ3) is 4.06. The van der Waals surface area contributed by atoms with E-state index in [-0.39, 0.29) is 17.7 Å². The van der Waals surface area contributed by atoms with E-state index in [1.165, 1.54) is 0 Å². The first kappa shape index (κ1) is 20.4. The Bertz CT molecular complexity index is 1090. The molecule has 154 valence electrons. The molecule has 0 saturated carbocycles. The van der Waals surface area contributed by atoms with Crippen LogP contribution in [0, 0.1) is 5.92 Å².